The number of allylic oxidation sites excluding steroid dienone is 1. The number of hydrogen-bond donors (Lipinski definition) is 2. The summed E-state index contributed by atoms with van der Waals surface area (Å²) in [6.45, 7) is 2.98. The fraction of sp³-hybridized carbons (Fsp3) is 0.286. The summed E-state index contributed by atoms with van der Waals surface area (Å²) in [7, 11) is 6.08. The summed E-state index contributed by atoms with van der Waals surface area (Å²) in [5.74, 6) is 0.559. The van der Waals surface area contributed by atoms with Crippen LogP contribution in [-0.4, -0.2) is 36.2 Å². The summed E-state index contributed by atoms with van der Waals surface area (Å²) in [5.41, 5.74) is 10.8. The number of nitrogens with two attached hydrogens (primary N) is 1. The predicted octanol–water partition coefficient (Wildman–Crippen LogP) is 4.61. The number of nitrogens with zero attached hydrogens (tertiary/aromatic N) is 2. The Labute approximate surface area is 165 Å². The second-order valence-electron chi connectivity index (χ2n) is 6.89. The Morgan fingerprint density at radius 2 is 2.30 bits per heavy atom. The van der Waals surface area contributed by atoms with Crippen molar-refractivity contribution in [3.63, 3.8) is 0 Å². The molecule has 0 saturated carbocycles. The molecular formula is C21H23BN4S. The van der Waals surface area contributed by atoms with Gasteiger partial charge in [-0.1, -0.05) is 19.1 Å². The maximum Gasteiger partial charge on any atom is 0.182 e. The van der Waals surface area contributed by atoms with Crippen molar-refractivity contribution in [3.8, 4) is 0 Å². The van der Waals surface area contributed by atoms with Crippen LogP contribution in [0.25, 0.3) is 16.5 Å². The van der Waals surface area contributed by atoms with Crippen LogP contribution in [0.5, 0.6) is 0 Å². The van der Waals surface area contributed by atoms with Crippen molar-refractivity contribution in [2.75, 3.05) is 6.54 Å². The van der Waals surface area contributed by atoms with Gasteiger partial charge in [-0.25, -0.2) is 4.99 Å². The maximum atomic E-state index is 6.15. The predicted molar refractivity (Wildman–Crippen MR) is 117 cm³/mol. The van der Waals surface area contributed by atoms with Gasteiger partial charge in [0.2, 0.25) is 0 Å². The second kappa shape index (κ2) is 7.75. The van der Waals surface area contributed by atoms with Gasteiger partial charge in [0.25, 0.3) is 0 Å². The van der Waals surface area contributed by atoms with Crippen LogP contribution in [-0.2, 0) is 0 Å². The zero-order valence-corrected chi connectivity index (χ0v) is 16.3. The topological polar surface area (TPSA) is 57.4 Å². The molecule has 0 saturated heterocycles. The van der Waals surface area contributed by atoms with Crippen LogP contribution >= 0.6 is 11.3 Å². The van der Waals surface area contributed by atoms with Gasteiger partial charge >= 0.3 is 0 Å². The van der Waals surface area contributed by atoms with E-state index in [-0.39, 0.29) is 0 Å². The number of benzene rings is 1. The number of aromatic amines is 1. The van der Waals surface area contributed by atoms with E-state index in [1.807, 2.05) is 28.4 Å². The van der Waals surface area contributed by atoms with Gasteiger partial charge in [-0.3, -0.25) is 0 Å². The molecule has 3 aromatic rings. The zero-order chi connectivity index (χ0) is 18.8. The Bertz CT molecular complexity index is 987. The van der Waals surface area contributed by atoms with Crippen LogP contribution in [0.3, 0.4) is 0 Å². The molecule has 27 heavy (non-hydrogen) atoms. The van der Waals surface area contributed by atoms with Crippen molar-refractivity contribution >= 4 is 47.3 Å². The highest BCUT2D eigenvalue weighted by Crippen LogP contribution is 2.34. The fourth-order valence-corrected chi connectivity index (χ4v) is 4.31. The molecule has 1 aromatic carbocycles. The molecule has 1 atom stereocenters. The highest BCUT2D eigenvalue weighted by molar-refractivity contribution is 7.12. The van der Waals surface area contributed by atoms with Gasteiger partial charge in [0, 0.05) is 28.7 Å². The number of fused-ring (bicyclic) bond motifs is 1. The van der Waals surface area contributed by atoms with E-state index < -0.39 is 0 Å². The Morgan fingerprint density at radius 3 is 3.00 bits per heavy atom. The van der Waals surface area contributed by atoms with Gasteiger partial charge in [0.05, 0.1) is 10.6 Å². The van der Waals surface area contributed by atoms with Crippen LogP contribution in [0.4, 0.5) is 5.69 Å². The molecule has 136 valence electrons. The molecular weight excluding hydrogens is 351 g/mol. The molecule has 6 heteroatoms. The lowest BCUT2D eigenvalue weighted by Crippen LogP contribution is -2.33. The number of hydrogen-bond acceptors (Lipinski definition) is 3. The number of aromatic nitrogens is 1. The quantitative estimate of drug-likeness (QED) is 0.389. The number of rotatable bonds is 5. The molecule has 2 aromatic heterocycles. The van der Waals surface area contributed by atoms with Crippen LogP contribution in [0.2, 0.25) is 0 Å². The largest absolute Gasteiger partial charge is 0.383 e. The van der Waals surface area contributed by atoms with E-state index in [9.17, 15) is 0 Å². The SMILES string of the molecule is [B]N(CC)C1CC=C(c2c[nH]c3ccc(N=C(N)c4cccs4)cc23)CC1. The molecule has 0 amide bonds. The van der Waals surface area contributed by atoms with Gasteiger partial charge in [-0.05, 0) is 61.0 Å². The molecule has 2 radical (unpaired) electrons. The first-order chi connectivity index (χ1) is 13.2. The van der Waals surface area contributed by atoms with E-state index in [1.54, 1.807) is 11.3 Å². The summed E-state index contributed by atoms with van der Waals surface area (Å²) in [4.78, 5) is 10.9. The molecule has 4 rings (SSSR count). The normalized spacial score (nSPS) is 18.2. The van der Waals surface area contributed by atoms with E-state index in [1.165, 1.54) is 16.5 Å². The summed E-state index contributed by atoms with van der Waals surface area (Å²) in [6, 6.07) is 10.6. The average Bonchev–Trinajstić information content (AvgIpc) is 3.37. The Morgan fingerprint density at radius 1 is 1.41 bits per heavy atom. The van der Waals surface area contributed by atoms with E-state index in [0.29, 0.717) is 11.9 Å². The number of amidine groups is 1. The minimum Gasteiger partial charge on any atom is -0.383 e. The number of H-pyrrole nitrogens is 1. The van der Waals surface area contributed by atoms with Gasteiger partial charge < -0.3 is 15.5 Å². The standard InChI is InChI=1S/C21H23BN4S/c1-2-26(22)16-8-5-14(6-9-16)18-13-24-19-10-7-15(12-17(18)19)25-21(23)20-4-3-11-27-20/h3-5,7,10-13,16,24H,2,6,8-9H2,1H3,(H2,23,25). The second-order valence-corrected chi connectivity index (χ2v) is 7.84. The molecule has 1 unspecified atom stereocenters. The number of nitrogens with one attached hydrogen (secondary N) is 1. The molecule has 2 heterocycles. The lowest BCUT2D eigenvalue weighted by Gasteiger charge is -2.30. The summed E-state index contributed by atoms with van der Waals surface area (Å²) >= 11 is 1.60. The zero-order valence-electron chi connectivity index (χ0n) is 15.5. The van der Waals surface area contributed by atoms with Gasteiger partial charge in [-0.2, -0.15) is 0 Å². The van der Waals surface area contributed by atoms with Crippen LogP contribution < -0.4 is 5.73 Å². The van der Waals surface area contributed by atoms with Gasteiger partial charge in [-0.15, -0.1) is 11.3 Å². The van der Waals surface area contributed by atoms with Gasteiger partial charge in [0.1, 0.15) is 5.84 Å². The van der Waals surface area contributed by atoms with E-state index >= 15 is 0 Å². The molecule has 0 aliphatic heterocycles. The van der Waals surface area contributed by atoms with Gasteiger partial charge in [0.15, 0.2) is 7.98 Å². The van der Waals surface area contributed by atoms with Crippen molar-refractivity contribution in [1.82, 2.24) is 9.79 Å². The van der Waals surface area contributed by atoms with E-state index in [0.717, 1.165) is 41.9 Å². The maximum absolute atomic E-state index is 6.15. The molecule has 0 fully saturated rings. The Hall–Kier alpha value is -2.31. The van der Waals surface area contributed by atoms with Crippen molar-refractivity contribution in [2.24, 2.45) is 10.7 Å². The first kappa shape index (κ1) is 18.1. The van der Waals surface area contributed by atoms with Crippen molar-refractivity contribution in [2.45, 2.75) is 32.2 Å². The van der Waals surface area contributed by atoms with Crippen molar-refractivity contribution in [1.29, 1.82) is 0 Å². The molecule has 0 bridgehead atoms. The fourth-order valence-electron chi connectivity index (χ4n) is 3.69. The van der Waals surface area contributed by atoms with E-state index in [2.05, 4.69) is 41.3 Å². The van der Waals surface area contributed by atoms with Crippen molar-refractivity contribution in [3.05, 3.63) is 58.4 Å². The number of aliphatic imine (C=N–C) groups is 1. The highest BCUT2D eigenvalue weighted by atomic mass is 32.1. The lowest BCUT2D eigenvalue weighted by atomic mass is 9.88. The first-order valence-corrected chi connectivity index (χ1v) is 10.2. The highest BCUT2D eigenvalue weighted by Gasteiger charge is 2.19. The minimum absolute atomic E-state index is 0.440. The molecule has 0 spiro atoms. The molecule has 1 aliphatic carbocycles. The first-order valence-electron chi connectivity index (χ1n) is 9.35. The van der Waals surface area contributed by atoms with Crippen molar-refractivity contribution < 1.29 is 0 Å². The summed E-state index contributed by atoms with van der Waals surface area (Å²) < 4.78 is 0. The molecule has 3 N–H and O–H groups in total. The Kier molecular flexibility index (Phi) is 5.19. The van der Waals surface area contributed by atoms with Crippen LogP contribution in [0.1, 0.15) is 36.6 Å². The average molecular weight is 374 g/mol. The third kappa shape index (κ3) is 3.73. The van der Waals surface area contributed by atoms with Crippen LogP contribution in [0, 0.1) is 0 Å². The monoisotopic (exact) mass is 374 g/mol. The minimum atomic E-state index is 0.440. The third-order valence-corrected chi connectivity index (χ3v) is 6.14. The summed E-state index contributed by atoms with van der Waals surface area (Å²) in [6.07, 6.45) is 7.56. The summed E-state index contributed by atoms with van der Waals surface area (Å²) in [5, 5.41) is 3.20. The molecule has 1 aliphatic rings. The van der Waals surface area contributed by atoms with E-state index in [4.69, 9.17) is 13.7 Å². The smallest absolute Gasteiger partial charge is 0.182 e. The number of thiophene rings is 1. The lowest BCUT2D eigenvalue weighted by molar-refractivity contribution is 0.331. The molecule has 4 nitrogen and oxygen atoms in total. The van der Waals surface area contributed by atoms with Crippen LogP contribution in [0.15, 0.2) is 53.0 Å². The Balaban J connectivity index is 1.63. The third-order valence-electron chi connectivity index (χ3n) is 5.25.